The summed E-state index contributed by atoms with van der Waals surface area (Å²) < 4.78 is 36.3. The number of halogens is 4. The Bertz CT molecular complexity index is 245. The van der Waals surface area contributed by atoms with Crippen molar-refractivity contribution in [2.75, 3.05) is 26.2 Å². The van der Waals surface area contributed by atoms with E-state index in [2.05, 4.69) is 4.99 Å². The van der Waals surface area contributed by atoms with Crippen LogP contribution in [0.1, 0.15) is 12.8 Å². The molecule has 1 heterocycles. The lowest BCUT2D eigenvalue weighted by Gasteiger charge is -2.31. The van der Waals surface area contributed by atoms with Crippen molar-refractivity contribution in [2.24, 2.45) is 22.4 Å². The molecule has 17 heavy (non-hydrogen) atoms. The summed E-state index contributed by atoms with van der Waals surface area (Å²) in [5.41, 5.74) is 10.4. The van der Waals surface area contributed by atoms with Gasteiger partial charge in [-0.05, 0) is 31.8 Å². The number of nitrogens with two attached hydrogens (primary N) is 2. The Hall–Kier alpha value is -0.250. The maximum atomic E-state index is 12.1. The summed E-state index contributed by atoms with van der Waals surface area (Å²) in [4.78, 5) is 5.30. The quantitative estimate of drug-likeness (QED) is 0.448. The lowest BCUT2D eigenvalue weighted by molar-refractivity contribution is -0.148. The Morgan fingerprint density at radius 3 is 2.18 bits per heavy atom. The maximum absolute atomic E-state index is 12.1. The van der Waals surface area contributed by atoms with E-state index in [0.717, 1.165) is 0 Å². The fourth-order valence-corrected chi connectivity index (χ4v) is 1.82. The minimum absolute atomic E-state index is 0. The van der Waals surface area contributed by atoms with Crippen LogP contribution in [-0.4, -0.2) is 43.2 Å². The van der Waals surface area contributed by atoms with Crippen LogP contribution in [-0.2, 0) is 0 Å². The van der Waals surface area contributed by atoms with Crippen molar-refractivity contribution in [1.29, 1.82) is 0 Å². The summed E-state index contributed by atoms with van der Waals surface area (Å²) in [7, 11) is 0. The number of hydrogen-bond donors (Lipinski definition) is 2. The maximum Gasteiger partial charge on any atom is 0.401 e. The first-order valence-electron chi connectivity index (χ1n) is 5.21. The molecule has 8 heteroatoms. The average Bonchev–Trinajstić information content (AvgIpc) is 2.14. The Morgan fingerprint density at radius 2 is 1.76 bits per heavy atom. The van der Waals surface area contributed by atoms with Gasteiger partial charge in [-0.15, -0.1) is 24.0 Å². The van der Waals surface area contributed by atoms with Gasteiger partial charge in [-0.3, -0.25) is 9.89 Å². The number of likely N-dealkylation sites (tertiary alicyclic amines) is 1. The molecule has 4 N–H and O–H groups in total. The van der Waals surface area contributed by atoms with E-state index in [1.807, 2.05) is 0 Å². The predicted octanol–water partition coefficient (Wildman–Crippen LogP) is 1.15. The summed E-state index contributed by atoms with van der Waals surface area (Å²) in [6, 6.07) is 0. The van der Waals surface area contributed by atoms with E-state index < -0.39 is 12.7 Å². The average molecular weight is 366 g/mol. The second kappa shape index (κ2) is 7.24. The molecule has 1 aliphatic rings. The fraction of sp³-hybridized carbons (Fsp3) is 0.889. The van der Waals surface area contributed by atoms with E-state index in [0.29, 0.717) is 38.4 Å². The molecule has 0 amide bonds. The fourth-order valence-electron chi connectivity index (χ4n) is 1.82. The van der Waals surface area contributed by atoms with Crippen LogP contribution in [0.25, 0.3) is 0 Å². The highest BCUT2D eigenvalue weighted by atomic mass is 127. The highest BCUT2D eigenvalue weighted by Gasteiger charge is 2.32. The van der Waals surface area contributed by atoms with Crippen LogP contribution < -0.4 is 11.5 Å². The lowest BCUT2D eigenvalue weighted by atomic mass is 9.97. The highest BCUT2D eigenvalue weighted by molar-refractivity contribution is 14.0. The third-order valence-electron chi connectivity index (χ3n) is 2.64. The van der Waals surface area contributed by atoms with Crippen molar-refractivity contribution in [1.82, 2.24) is 4.90 Å². The van der Waals surface area contributed by atoms with E-state index in [9.17, 15) is 13.2 Å². The van der Waals surface area contributed by atoms with Crippen LogP contribution in [0, 0.1) is 5.92 Å². The Morgan fingerprint density at radius 1 is 1.24 bits per heavy atom. The number of guanidine groups is 1. The first kappa shape index (κ1) is 16.8. The van der Waals surface area contributed by atoms with Gasteiger partial charge in [-0.1, -0.05) is 0 Å². The minimum atomic E-state index is -4.10. The highest BCUT2D eigenvalue weighted by Crippen LogP contribution is 2.22. The molecule has 0 aliphatic carbocycles. The van der Waals surface area contributed by atoms with Crippen LogP contribution in [0.2, 0.25) is 0 Å². The molecule has 1 saturated heterocycles. The van der Waals surface area contributed by atoms with Gasteiger partial charge in [0.1, 0.15) is 0 Å². The van der Waals surface area contributed by atoms with Gasteiger partial charge in [0.15, 0.2) is 5.96 Å². The molecule has 4 nitrogen and oxygen atoms in total. The Labute approximate surface area is 116 Å². The van der Waals surface area contributed by atoms with Gasteiger partial charge in [0.05, 0.1) is 6.54 Å². The van der Waals surface area contributed by atoms with E-state index >= 15 is 0 Å². The number of piperidine rings is 1. The van der Waals surface area contributed by atoms with Crippen LogP contribution >= 0.6 is 24.0 Å². The summed E-state index contributed by atoms with van der Waals surface area (Å²) in [6.07, 6.45) is -2.67. The zero-order valence-corrected chi connectivity index (χ0v) is 11.7. The molecule has 0 atom stereocenters. The minimum Gasteiger partial charge on any atom is -0.370 e. The van der Waals surface area contributed by atoms with E-state index in [1.165, 1.54) is 4.90 Å². The summed E-state index contributed by atoms with van der Waals surface area (Å²) in [6.45, 7) is 0.624. The molecule has 0 unspecified atom stereocenters. The molecular weight excluding hydrogens is 348 g/mol. The van der Waals surface area contributed by atoms with Gasteiger partial charge in [0.2, 0.25) is 0 Å². The normalized spacial score (nSPS) is 18.5. The third kappa shape index (κ3) is 7.63. The van der Waals surface area contributed by atoms with Crippen molar-refractivity contribution >= 4 is 29.9 Å². The first-order chi connectivity index (χ1) is 7.37. The zero-order chi connectivity index (χ0) is 12.2. The second-order valence-electron chi connectivity index (χ2n) is 4.10. The Kier molecular flexibility index (Phi) is 7.14. The van der Waals surface area contributed by atoms with Crippen molar-refractivity contribution < 1.29 is 13.2 Å². The zero-order valence-electron chi connectivity index (χ0n) is 9.41. The topological polar surface area (TPSA) is 67.6 Å². The number of alkyl halides is 3. The predicted molar refractivity (Wildman–Crippen MR) is 71.3 cm³/mol. The van der Waals surface area contributed by atoms with E-state index in [-0.39, 0.29) is 29.9 Å². The molecule has 102 valence electrons. The van der Waals surface area contributed by atoms with Crippen LogP contribution in [0.15, 0.2) is 4.99 Å². The Balaban J connectivity index is 0.00000256. The number of nitrogens with zero attached hydrogens (tertiary/aromatic N) is 2. The number of hydrogen-bond acceptors (Lipinski definition) is 2. The van der Waals surface area contributed by atoms with Crippen LogP contribution in [0.4, 0.5) is 13.2 Å². The first-order valence-corrected chi connectivity index (χ1v) is 5.21. The van der Waals surface area contributed by atoms with Gasteiger partial charge in [-0.25, -0.2) is 0 Å². The van der Waals surface area contributed by atoms with Gasteiger partial charge >= 0.3 is 6.18 Å². The molecule has 1 fully saturated rings. The summed E-state index contributed by atoms with van der Waals surface area (Å²) >= 11 is 0. The monoisotopic (exact) mass is 366 g/mol. The molecule has 0 aromatic carbocycles. The van der Waals surface area contributed by atoms with Gasteiger partial charge < -0.3 is 11.5 Å². The number of aliphatic imine (C=N–C) groups is 1. The number of rotatable bonds is 3. The molecule has 1 rings (SSSR count). The van der Waals surface area contributed by atoms with E-state index in [1.54, 1.807) is 0 Å². The molecule has 0 saturated carbocycles. The smallest absolute Gasteiger partial charge is 0.370 e. The molecule has 0 radical (unpaired) electrons. The van der Waals surface area contributed by atoms with Crippen molar-refractivity contribution in [2.45, 2.75) is 19.0 Å². The SMILES string of the molecule is I.NC(N)=NCC1CCN(CC(F)(F)F)CC1. The van der Waals surface area contributed by atoms with Crippen molar-refractivity contribution in [3.05, 3.63) is 0 Å². The largest absolute Gasteiger partial charge is 0.401 e. The summed E-state index contributed by atoms with van der Waals surface area (Å²) in [5, 5.41) is 0. The molecule has 1 aliphatic heterocycles. The second-order valence-corrected chi connectivity index (χ2v) is 4.10. The molecular formula is C9H18F3IN4. The van der Waals surface area contributed by atoms with Gasteiger partial charge in [0, 0.05) is 6.54 Å². The third-order valence-corrected chi connectivity index (χ3v) is 2.64. The van der Waals surface area contributed by atoms with Gasteiger partial charge in [-0.2, -0.15) is 13.2 Å². The van der Waals surface area contributed by atoms with Crippen LogP contribution in [0.3, 0.4) is 0 Å². The lowest BCUT2D eigenvalue weighted by Crippen LogP contribution is -2.40. The standard InChI is InChI=1S/C9H17F3N4.HI/c10-9(11,12)6-16-3-1-7(2-4-16)5-15-8(13)14;/h7H,1-6H2,(H4,13,14,15);1H. The van der Waals surface area contributed by atoms with E-state index in [4.69, 9.17) is 11.5 Å². The van der Waals surface area contributed by atoms with Crippen molar-refractivity contribution in [3.63, 3.8) is 0 Å². The van der Waals surface area contributed by atoms with Crippen molar-refractivity contribution in [3.8, 4) is 0 Å². The van der Waals surface area contributed by atoms with Crippen LogP contribution in [0.5, 0.6) is 0 Å². The molecule has 0 aromatic rings. The molecule has 0 spiro atoms. The molecule has 0 aromatic heterocycles. The van der Waals surface area contributed by atoms with Gasteiger partial charge in [0.25, 0.3) is 0 Å². The molecule has 0 bridgehead atoms. The summed E-state index contributed by atoms with van der Waals surface area (Å²) in [5.74, 6) is 0.337.